The standard InChI is InChI=1S/C22H35N3O2/c1-16(2)14-18(15-24-13-12-17-8-4-3-5-9-17)25-22(27)20-11-7-6-10-19(20)21(23)26/h3-5,8-9,16,18-20,24H,6-7,10-15H2,1-2H3,(H2,23,26)(H,25,27)/t18?,19-,20+/m0/s1. The number of nitrogens with two attached hydrogens (primary N) is 1. The van der Waals surface area contributed by atoms with Crippen molar-refractivity contribution in [2.45, 2.75) is 58.4 Å². The molecule has 0 heterocycles. The van der Waals surface area contributed by atoms with E-state index >= 15 is 0 Å². The number of hydrogen-bond donors (Lipinski definition) is 3. The van der Waals surface area contributed by atoms with Gasteiger partial charge in [0.05, 0.1) is 0 Å². The summed E-state index contributed by atoms with van der Waals surface area (Å²) >= 11 is 0. The molecule has 1 unspecified atom stereocenters. The highest BCUT2D eigenvalue weighted by molar-refractivity contribution is 5.87. The summed E-state index contributed by atoms with van der Waals surface area (Å²) in [6, 6.07) is 10.5. The molecule has 0 saturated heterocycles. The fraction of sp³-hybridized carbons (Fsp3) is 0.636. The second-order valence-corrected chi connectivity index (χ2v) is 8.17. The van der Waals surface area contributed by atoms with Gasteiger partial charge in [-0.2, -0.15) is 0 Å². The van der Waals surface area contributed by atoms with Crippen LogP contribution in [-0.2, 0) is 16.0 Å². The summed E-state index contributed by atoms with van der Waals surface area (Å²) in [4.78, 5) is 24.5. The largest absolute Gasteiger partial charge is 0.369 e. The number of amides is 2. The second kappa shape index (κ2) is 11.1. The zero-order valence-electron chi connectivity index (χ0n) is 16.7. The van der Waals surface area contributed by atoms with Gasteiger partial charge in [0.2, 0.25) is 11.8 Å². The predicted molar refractivity (Wildman–Crippen MR) is 109 cm³/mol. The summed E-state index contributed by atoms with van der Waals surface area (Å²) in [5.74, 6) is -0.436. The molecule has 1 fully saturated rings. The quantitative estimate of drug-likeness (QED) is 0.551. The Hall–Kier alpha value is -1.88. The van der Waals surface area contributed by atoms with Gasteiger partial charge in [-0.05, 0) is 43.7 Å². The van der Waals surface area contributed by atoms with Crippen molar-refractivity contribution in [3.05, 3.63) is 35.9 Å². The van der Waals surface area contributed by atoms with E-state index in [1.54, 1.807) is 0 Å². The Kier molecular flexibility index (Phi) is 8.79. The van der Waals surface area contributed by atoms with Crippen LogP contribution in [0.25, 0.3) is 0 Å². The van der Waals surface area contributed by atoms with Crippen LogP contribution in [0.4, 0.5) is 0 Å². The molecule has 1 aliphatic carbocycles. The highest BCUT2D eigenvalue weighted by Gasteiger charge is 2.35. The summed E-state index contributed by atoms with van der Waals surface area (Å²) < 4.78 is 0. The fourth-order valence-corrected chi connectivity index (χ4v) is 4.01. The Balaban J connectivity index is 1.85. The number of hydrogen-bond acceptors (Lipinski definition) is 3. The number of rotatable bonds is 10. The first-order valence-electron chi connectivity index (χ1n) is 10.3. The summed E-state index contributed by atoms with van der Waals surface area (Å²) in [6.45, 7) is 5.94. The van der Waals surface area contributed by atoms with Crippen LogP contribution in [0.5, 0.6) is 0 Å². The third-order valence-corrected chi connectivity index (χ3v) is 5.39. The minimum absolute atomic E-state index is 0.00555. The number of carbonyl (C=O) groups excluding carboxylic acids is 2. The molecule has 1 saturated carbocycles. The normalized spacial score (nSPS) is 21.0. The maximum atomic E-state index is 12.8. The van der Waals surface area contributed by atoms with Gasteiger partial charge in [-0.3, -0.25) is 9.59 Å². The zero-order valence-corrected chi connectivity index (χ0v) is 16.7. The maximum Gasteiger partial charge on any atom is 0.224 e. The Labute approximate surface area is 163 Å². The summed E-state index contributed by atoms with van der Waals surface area (Å²) in [5, 5.41) is 6.67. The molecule has 150 valence electrons. The van der Waals surface area contributed by atoms with E-state index in [-0.39, 0.29) is 29.7 Å². The lowest BCUT2D eigenvalue weighted by Crippen LogP contribution is -2.49. The highest BCUT2D eigenvalue weighted by atomic mass is 16.2. The highest BCUT2D eigenvalue weighted by Crippen LogP contribution is 2.30. The molecule has 5 nitrogen and oxygen atoms in total. The Morgan fingerprint density at radius 2 is 1.78 bits per heavy atom. The molecular weight excluding hydrogens is 338 g/mol. The van der Waals surface area contributed by atoms with Crippen molar-refractivity contribution in [1.82, 2.24) is 10.6 Å². The second-order valence-electron chi connectivity index (χ2n) is 8.17. The van der Waals surface area contributed by atoms with Crippen molar-refractivity contribution in [2.24, 2.45) is 23.5 Å². The van der Waals surface area contributed by atoms with E-state index in [9.17, 15) is 9.59 Å². The van der Waals surface area contributed by atoms with Crippen LogP contribution in [0.3, 0.4) is 0 Å². The van der Waals surface area contributed by atoms with E-state index in [1.807, 2.05) is 6.07 Å². The van der Waals surface area contributed by atoms with Gasteiger partial charge in [-0.1, -0.05) is 57.0 Å². The molecule has 1 aliphatic rings. The van der Waals surface area contributed by atoms with Crippen LogP contribution in [0.2, 0.25) is 0 Å². The molecular formula is C22H35N3O2. The van der Waals surface area contributed by atoms with Gasteiger partial charge < -0.3 is 16.4 Å². The minimum Gasteiger partial charge on any atom is -0.369 e. The van der Waals surface area contributed by atoms with Crippen molar-refractivity contribution in [3.63, 3.8) is 0 Å². The van der Waals surface area contributed by atoms with Gasteiger partial charge in [0, 0.05) is 24.4 Å². The van der Waals surface area contributed by atoms with E-state index in [0.717, 1.165) is 51.6 Å². The molecule has 0 aliphatic heterocycles. The molecule has 0 radical (unpaired) electrons. The van der Waals surface area contributed by atoms with E-state index in [4.69, 9.17) is 5.73 Å². The first-order valence-corrected chi connectivity index (χ1v) is 10.3. The molecule has 0 spiro atoms. The van der Waals surface area contributed by atoms with Crippen LogP contribution >= 0.6 is 0 Å². The topological polar surface area (TPSA) is 84.2 Å². The lowest BCUT2D eigenvalue weighted by molar-refractivity contribution is -0.135. The summed E-state index contributed by atoms with van der Waals surface area (Å²) in [6.07, 6.45) is 5.35. The molecule has 2 amide bonds. The maximum absolute atomic E-state index is 12.8. The minimum atomic E-state index is -0.337. The van der Waals surface area contributed by atoms with Crippen molar-refractivity contribution < 1.29 is 9.59 Å². The van der Waals surface area contributed by atoms with Crippen molar-refractivity contribution in [3.8, 4) is 0 Å². The van der Waals surface area contributed by atoms with E-state index in [0.29, 0.717) is 5.92 Å². The SMILES string of the molecule is CC(C)CC(CNCCc1ccccc1)NC(=O)[C@@H]1CCCC[C@@H]1C(N)=O. The average Bonchev–Trinajstić information content (AvgIpc) is 2.65. The molecule has 0 bridgehead atoms. The van der Waals surface area contributed by atoms with Gasteiger partial charge in [0.25, 0.3) is 0 Å². The molecule has 4 N–H and O–H groups in total. The van der Waals surface area contributed by atoms with Gasteiger partial charge in [0.1, 0.15) is 0 Å². The van der Waals surface area contributed by atoms with E-state index < -0.39 is 0 Å². The van der Waals surface area contributed by atoms with Gasteiger partial charge in [0.15, 0.2) is 0 Å². The third-order valence-electron chi connectivity index (χ3n) is 5.39. The number of nitrogens with one attached hydrogen (secondary N) is 2. The lowest BCUT2D eigenvalue weighted by Gasteiger charge is -2.30. The van der Waals surface area contributed by atoms with Crippen molar-refractivity contribution in [2.75, 3.05) is 13.1 Å². The van der Waals surface area contributed by atoms with Gasteiger partial charge in [-0.15, -0.1) is 0 Å². The molecule has 1 aromatic rings. The van der Waals surface area contributed by atoms with Crippen LogP contribution < -0.4 is 16.4 Å². The van der Waals surface area contributed by atoms with Crippen LogP contribution in [0.15, 0.2) is 30.3 Å². The monoisotopic (exact) mass is 373 g/mol. The van der Waals surface area contributed by atoms with Crippen molar-refractivity contribution in [1.29, 1.82) is 0 Å². The number of benzene rings is 1. The Morgan fingerprint density at radius 1 is 1.11 bits per heavy atom. The fourth-order valence-electron chi connectivity index (χ4n) is 4.01. The molecule has 1 aromatic carbocycles. The van der Waals surface area contributed by atoms with Gasteiger partial charge in [-0.25, -0.2) is 0 Å². The first kappa shape index (κ1) is 21.4. The average molecular weight is 374 g/mol. The van der Waals surface area contributed by atoms with Crippen LogP contribution in [0, 0.1) is 17.8 Å². The Bertz CT molecular complexity index is 588. The molecule has 3 atom stereocenters. The summed E-state index contributed by atoms with van der Waals surface area (Å²) in [5.41, 5.74) is 6.84. The number of primary amides is 1. The summed E-state index contributed by atoms with van der Waals surface area (Å²) in [7, 11) is 0. The van der Waals surface area contributed by atoms with Gasteiger partial charge >= 0.3 is 0 Å². The molecule has 5 heteroatoms. The van der Waals surface area contributed by atoms with Crippen molar-refractivity contribution >= 4 is 11.8 Å². The zero-order chi connectivity index (χ0) is 19.6. The Morgan fingerprint density at radius 3 is 2.41 bits per heavy atom. The molecule has 2 rings (SSSR count). The first-order chi connectivity index (χ1) is 13.0. The van der Waals surface area contributed by atoms with Crippen LogP contribution in [0.1, 0.15) is 51.5 Å². The lowest BCUT2D eigenvalue weighted by atomic mass is 9.78. The van der Waals surface area contributed by atoms with E-state index in [2.05, 4.69) is 48.7 Å². The molecule has 27 heavy (non-hydrogen) atoms. The molecule has 0 aromatic heterocycles. The third kappa shape index (κ3) is 7.33. The predicted octanol–water partition coefficient (Wildman–Crippen LogP) is 2.64. The number of carbonyl (C=O) groups is 2. The smallest absolute Gasteiger partial charge is 0.224 e. The van der Waals surface area contributed by atoms with Crippen LogP contribution in [-0.4, -0.2) is 30.9 Å². The van der Waals surface area contributed by atoms with E-state index in [1.165, 1.54) is 5.56 Å².